The van der Waals surface area contributed by atoms with Crippen LogP contribution in [-0.2, 0) is 11.2 Å². The summed E-state index contributed by atoms with van der Waals surface area (Å²) >= 11 is 3.43. The van der Waals surface area contributed by atoms with Crippen molar-refractivity contribution in [3.05, 3.63) is 27.7 Å². The third-order valence-corrected chi connectivity index (χ3v) is 3.18. The van der Waals surface area contributed by atoms with Gasteiger partial charge in [0.2, 0.25) is 0 Å². The fourth-order valence-electron chi connectivity index (χ4n) is 1.81. The maximum Gasteiger partial charge on any atom is 0.339 e. The van der Waals surface area contributed by atoms with Gasteiger partial charge in [-0.2, -0.15) is 0 Å². The molecule has 1 N–H and O–H groups in total. The van der Waals surface area contributed by atoms with Gasteiger partial charge in [-0.25, -0.2) is 4.79 Å². The molecule has 17 heavy (non-hydrogen) atoms. The number of fused-ring (bicyclic) bond motifs is 1. The molecule has 3 nitrogen and oxygen atoms in total. The Morgan fingerprint density at radius 3 is 2.76 bits per heavy atom. The first-order valence-electron chi connectivity index (χ1n) is 5.66. The van der Waals surface area contributed by atoms with E-state index in [0.717, 1.165) is 23.1 Å². The van der Waals surface area contributed by atoms with E-state index >= 15 is 0 Å². The summed E-state index contributed by atoms with van der Waals surface area (Å²) in [7, 11) is 0. The van der Waals surface area contributed by atoms with Crippen LogP contribution in [0.15, 0.2) is 16.6 Å². The molecular weight excluding hydrogens is 282 g/mol. The highest BCUT2D eigenvalue weighted by atomic mass is 79.9. The van der Waals surface area contributed by atoms with Gasteiger partial charge in [-0.05, 0) is 60.8 Å². The molecule has 0 aliphatic carbocycles. The van der Waals surface area contributed by atoms with Gasteiger partial charge in [-0.3, -0.25) is 0 Å². The molecule has 1 aromatic rings. The topological polar surface area (TPSA) is 38.3 Å². The van der Waals surface area contributed by atoms with Gasteiger partial charge in [0.1, 0.15) is 5.60 Å². The van der Waals surface area contributed by atoms with Gasteiger partial charge in [-0.1, -0.05) is 0 Å². The van der Waals surface area contributed by atoms with Gasteiger partial charge in [0, 0.05) is 16.7 Å². The van der Waals surface area contributed by atoms with Crippen LogP contribution in [0, 0.1) is 0 Å². The molecule has 4 heteroatoms. The number of anilines is 1. The third-order valence-electron chi connectivity index (χ3n) is 2.52. The van der Waals surface area contributed by atoms with Crippen LogP contribution in [0.25, 0.3) is 0 Å². The van der Waals surface area contributed by atoms with Gasteiger partial charge >= 0.3 is 5.97 Å². The molecule has 0 saturated carbocycles. The van der Waals surface area contributed by atoms with Crippen molar-refractivity contribution >= 4 is 27.6 Å². The van der Waals surface area contributed by atoms with E-state index in [0.29, 0.717) is 5.56 Å². The molecule has 0 fully saturated rings. The average Bonchev–Trinajstić information content (AvgIpc) is 2.60. The number of halogens is 1. The van der Waals surface area contributed by atoms with Crippen molar-refractivity contribution in [2.24, 2.45) is 0 Å². The quantitative estimate of drug-likeness (QED) is 0.808. The molecule has 1 aliphatic rings. The molecule has 0 bridgehead atoms. The number of ether oxygens (including phenoxy) is 1. The minimum atomic E-state index is -0.469. The number of nitrogens with one attached hydrogen (secondary N) is 1. The lowest BCUT2D eigenvalue weighted by atomic mass is 10.1. The Kier molecular flexibility index (Phi) is 3.17. The van der Waals surface area contributed by atoms with E-state index in [-0.39, 0.29) is 5.97 Å². The van der Waals surface area contributed by atoms with E-state index in [1.165, 1.54) is 5.56 Å². The number of benzene rings is 1. The lowest BCUT2D eigenvalue weighted by molar-refractivity contribution is 0.00686. The zero-order chi connectivity index (χ0) is 12.6. The molecule has 1 aromatic carbocycles. The van der Waals surface area contributed by atoms with Gasteiger partial charge in [0.25, 0.3) is 0 Å². The van der Waals surface area contributed by atoms with E-state index in [1.54, 1.807) is 0 Å². The molecule has 0 amide bonds. The van der Waals surface area contributed by atoms with Crippen molar-refractivity contribution in [2.75, 3.05) is 11.9 Å². The number of carbonyl (C=O) groups is 1. The van der Waals surface area contributed by atoms with Crippen LogP contribution in [-0.4, -0.2) is 18.1 Å². The average molecular weight is 298 g/mol. The minimum absolute atomic E-state index is 0.291. The van der Waals surface area contributed by atoms with Gasteiger partial charge in [0.05, 0.1) is 5.56 Å². The minimum Gasteiger partial charge on any atom is -0.456 e. The normalized spacial score (nSPS) is 14.1. The summed E-state index contributed by atoms with van der Waals surface area (Å²) < 4.78 is 6.17. The second kappa shape index (κ2) is 4.33. The second-order valence-electron chi connectivity index (χ2n) is 5.17. The summed E-state index contributed by atoms with van der Waals surface area (Å²) in [6, 6.07) is 3.86. The van der Waals surface area contributed by atoms with E-state index in [2.05, 4.69) is 21.2 Å². The first kappa shape index (κ1) is 12.4. The van der Waals surface area contributed by atoms with E-state index in [1.807, 2.05) is 32.9 Å². The van der Waals surface area contributed by atoms with Crippen molar-refractivity contribution in [1.82, 2.24) is 0 Å². The molecule has 92 valence electrons. The number of esters is 1. The fraction of sp³-hybridized carbons (Fsp3) is 0.462. The van der Waals surface area contributed by atoms with Crippen molar-refractivity contribution in [1.29, 1.82) is 0 Å². The zero-order valence-electron chi connectivity index (χ0n) is 10.3. The van der Waals surface area contributed by atoms with Crippen LogP contribution in [0.1, 0.15) is 36.7 Å². The lowest BCUT2D eigenvalue weighted by Gasteiger charge is -2.20. The Balaban J connectivity index is 2.30. The van der Waals surface area contributed by atoms with Crippen molar-refractivity contribution in [2.45, 2.75) is 32.8 Å². The SMILES string of the molecule is CC(C)(C)OC(=O)c1cc2c(cc1Br)CCN2. The van der Waals surface area contributed by atoms with Crippen molar-refractivity contribution < 1.29 is 9.53 Å². The number of rotatable bonds is 1. The third kappa shape index (κ3) is 2.80. The smallest absolute Gasteiger partial charge is 0.339 e. The van der Waals surface area contributed by atoms with Gasteiger partial charge in [0.15, 0.2) is 0 Å². The number of hydrogen-bond donors (Lipinski definition) is 1. The second-order valence-corrected chi connectivity index (χ2v) is 6.02. The van der Waals surface area contributed by atoms with E-state index in [9.17, 15) is 4.79 Å². The Morgan fingerprint density at radius 2 is 2.12 bits per heavy atom. The van der Waals surface area contributed by atoms with Crippen LogP contribution in [0.5, 0.6) is 0 Å². The highest BCUT2D eigenvalue weighted by molar-refractivity contribution is 9.10. The number of carbonyl (C=O) groups excluding carboxylic acids is 1. The summed E-state index contributed by atoms with van der Waals surface area (Å²) in [5.74, 6) is -0.291. The Morgan fingerprint density at radius 1 is 1.41 bits per heavy atom. The first-order chi connectivity index (χ1) is 7.87. The standard InChI is InChI=1S/C13H16BrNO2/c1-13(2,3)17-12(16)9-7-11-8(4-5-15-11)6-10(9)14/h6-7,15H,4-5H2,1-3H3. The van der Waals surface area contributed by atoms with Crippen LogP contribution >= 0.6 is 15.9 Å². The van der Waals surface area contributed by atoms with Crippen molar-refractivity contribution in [3.63, 3.8) is 0 Å². The monoisotopic (exact) mass is 297 g/mol. The zero-order valence-corrected chi connectivity index (χ0v) is 11.8. The van der Waals surface area contributed by atoms with Crippen molar-refractivity contribution in [3.8, 4) is 0 Å². The maximum absolute atomic E-state index is 12.0. The lowest BCUT2D eigenvalue weighted by Crippen LogP contribution is -2.24. The molecule has 0 saturated heterocycles. The maximum atomic E-state index is 12.0. The number of hydrogen-bond acceptors (Lipinski definition) is 3. The molecule has 0 aromatic heterocycles. The van der Waals surface area contributed by atoms with E-state index < -0.39 is 5.60 Å². The van der Waals surface area contributed by atoms with Crippen LogP contribution in [0.2, 0.25) is 0 Å². The van der Waals surface area contributed by atoms with Gasteiger partial charge in [-0.15, -0.1) is 0 Å². The predicted octanol–water partition coefficient (Wildman–Crippen LogP) is 3.37. The molecule has 0 unspecified atom stereocenters. The molecular formula is C13H16BrNO2. The summed E-state index contributed by atoms with van der Waals surface area (Å²) in [6.45, 7) is 6.53. The Hall–Kier alpha value is -1.03. The molecule has 0 radical (unpaired) electrons. The van der Waals surface area contributed by atoms with Crippen LogP contribution < -0.4 is 5.32 Å². The predicted molar refractivity (Wildman–Crippen MR) is 71.5 cm³/mol. The molecule has 2 rings (SSSR count). The molecule has 0 spiro atoms. The molecule has 1 aliphatic heterocycles. The first-order valence-corrected chi connectivity index (χ1v) is 6.46. The highest BCUT2D eigenvalue weighted by Crippen LogP contribution is 2.30. The largest absolute Gasteiger partial charge is 0.456 e. The molecule has 1 heterocycles. The summed E-state index contributed by atoms with van der Waals surface area (Å²) in [6.07, 6.45) is 1.00. The fourth-order valence-corrected chi connectivity index (χ4v) is 2.36. The Bertz CT molecular complexity index is 463. The van der Waals surface area contributed by atoms with Crippen LogP contribution in [0.4, 0.5) is 5.69 Å². The van der Waals surface area contributed by atoms with Gasteiger partial charge < -0.3 is 10.1 Å². The van der Waals surface area contributed by atoms with E-state index in [4.69, 9.17) is 4.74 Å². The highest BCUT2D eigenvalue weighted by Gasteiger charge is 2.22. The molecule has 0 atom stereocenters. The van der Waals surface area contributed by atoms with Crippen LogP contribution in [0.3, 0.4) is 0 Å². The summed E-state index contributed by atoms with van der Waals surface area (Å²) in [5, 5.41) is 3.26. The summed E-state index contributed by atoms with van der Waals surface area (Å²) in [4.78, 5) is 12.0. The summed E-state index contributed by atoms with van der Waals surface area (Å²) in [5.41, 5.74) is 2.38. The Labute approximate surface area is 110 Å².